The van der Waals surface area contributed by atoms with E-state index in [-0.39, 0.29) is 11.1 Å². The highest BCUT2D eigenvalue weighted by atomic mass is 32.2. The second kappa shape index (κ2) is 7.21. The van der Waals surface area contributed by atoms with Gasteiger partial charge in [0.05, 0.1) is 6.54 Å². The molecule has 2 aromatic carbocycles. The maximum atomic E-state index is 13.1. The van der Waals surface area contributed by atoms with E-state index in [2.05, 4.69) is 39.3 Å². The summed E-state index contributed by atoms with van der Waals surface area (Å²) < 4.78 is 14.8. The van der Waals surface area contributed by atoms with E-state index in [9.17, 15) is 4.39 Å². The Hall–Kier alpha value is -2.80. The fraction of sp³-hybridized carbons (Fsp3) is 0.158. The summed E-state index contributed by atoms with van der Waals surface area (Å²) >= 11 is 1.63. The Morgan fingerprint density at radius 1 is 1.04 bits per heavy atom. The van der Waals surface area contributed by atoms with Crippen LogP contribution in [-0.2, 0) is 6.54 Å². The topological polar surface area (TPSA) is 56.5 Å². The van der Waals surface area contributed by atoms with Crippen molar-refractivity contribution in [2.24, 2.45) is 0 Å². The maximum Gasteiger partial charge on any atom is 0.183 e. The van der Waals surface area contributed by atoms with Crippen molar-refractivity contribution in [3.05, 3.63) is 77.9 Å². The Morgan fingerprint density at radius 3 is 2.58 bits per heavy atom. The van der Waals surface area contributed by atoms with Crippen LogP contribution in [-0.4, -0.2) is 25.0 Å². The third-order valence-electron chi connectivity index (χ3n) is 4.07. The lowest BCUT2D eigenvalue weighted by Crippen LogP contribution is -2.03. The van der Waals surface area contributed by atoms with Gasteiger partial charge in [0.25, 0.3) is 0 Å². The van der Waals surface area contributed by atoms with Crippen molar-refractivity contribution in [2.75, 3.05) is 0 Å². The quantitative estimate of drug-likeness (QED) is 0.391. The van der Waals surface area contributed by atoms with Crippen molar-refractivity contribution in [1.29, 1.82) is 0 Å². The molecule has 0 saturated carbocycles. The molecule has 5 nitrogen and oxygen atoms in total. The lowest BCUT2D eigenvalue weighted by atomic mass is 10.2. The molecule has 0 unspecified atom stereocenters. The van der Waals surface area contributed by atoms with E-state index in [1.165, 1.54) is 24.0 Å². The molecule has 7 heteroatoms. The molecular formula is C19H16FN5S. The molecule has 2 heterocycles. The summed E-state index contributed by atoms with van der Waals surface area (Å²) in [5.41, 5.74) is 3.51. The summed E-state index contributed by atoms with van der Waals surface area (Å²) in [6.45, 7) is 2.61. The fourth-order valence-corrected chi connectivity index (χ4v) is 3.67. The zero-order valence-electron chi connectivity index (χ0n) is 14.1. The van der Waals surface area contributed by atoms with Crippen LogP contribution in [0.3, 0.4) is 0 Å². The predicted molar refractivity (Wildman–Crippen MR) is 99.3 cm³/mol. The summed E-state index contributed by atoms with van der Waals surface area (Å²) in [6, 6.07) is 16.6. The van der Waals surface area contributed by atoms with Crippen LogP contribution >= 0.6 is 11.8 Å². The Morgan fingerprint density at radius 2 is 1.81 bits per heavy atom. The third-order valence-corrected chi connectivity index (χ3v) is 5.22. The van der Waals surface area contributed by atoms with Gasteiger partial charge in [-0.3, -0.25) is 0 Å². The molecule has 0 aliphatic carbocycles. The molecule has 130 valence electrons. The smallest absolute Gasteiger partial charge is 0.183 e. The molecule has 0 aliphatic rings. The minimum absolute atomic E-state index is 0.233. The first-order valence-electron chi connectivity index (χ1n) is 8.21. The van der Waals surface area contributed by atoms with Crippen LogP contribution in [0.2, 0.25) is 0 Å². The van der Waals surface area contributed by atoms with Crippen molar-refractivity contribution >= 4 is 22.9 Å². The Kier molecular flexibility index (Phi) is 4.62. The van der Waals surface area contributed by atoms with E-state index in [0.717, 1.165) is 10.6 Å². The second-order valence-electron chi connectivity index (χ2n) is 5.90. The van der Waals surface area contributed by atoms with Gasteiger partial charge < -0.3 is 0 Å². The first kappa shape index (κ1) is 16.7. The van der Waals surface area contributed by atoms with Crippen molar-refractivity contribution in [3.63, 3.8) is 0 Å². The lowest BCUT2D eigenvalue weighted by Gasteiger charge is -2.10. The van der Waals surface area contributed by atoms with Gasteiger partial charge in [-0.25, -0.2) is 19.0 Å². The van der Waals surface area contributed by atoms with Gasteiger partial charge >= 0.3 is 0 Å². The van der Waals surface area contributed by atoms with Crippen molar-refractivity contribution < 1.29 is 4.39 Å². The van der Waals surface area contributed by atoms with Crippen molar-refractivity contribution in [2.45, 2.75) is 23.7 Å². The van der Waals surface area contributed by atoms with Crippen LogP contribution in [0.25, 0.3) is 11.2 Å². The number of fused-ring (bicyclic) bond motifs is 1. The molecule has 0 bridgehead atoms. The number of thioether (sulfide) groups is 1. The number of benzene rings is 2. The first-order valence-corrected chi connectivity index (χ1v) is 9.09. The summed E-state index contributed by atoms with van der Waals surface area (Å²) in [7, 11) is 0. The van der Waals surface area contributed by atoms with Crippen LogP contribution in [0.1, 0.15) is 23.3 Å². The van der Waals surface area contributed by atoms with E-state index in [1.807, 2.05) is 18.2 Å². The van der Waals surface area contributed by atoms with E-state index in [1.54, 1.807) is 28.6 Å². The van der Waals surface area contributed by atoms with E-state index in [4.69, 9.17) is 0 Å². The first-order chi connectivity index (χ1) is 12.7. The van der Waals surface area contributed by atoms with Gasteiger partial charge in [-0.15, -0.1) is 5.10 Å². The average molecular weight is 365 g/mol. The molecular weight excluding hydrogens is 349 g/mol. The molecule has 2 aromatic heterocycles. The lowest BCUT2D eigenvalue weighted by molar-refractivity contribution is 0.623. The molecule has 0 spiro atoms. The number of hydrogen-bond donors (Lipinski definition) is 0. The number of halogens is 1. The van der Waals surface area contributed by atoms with Gasteiger partial charge in [0, 0.05) is 5.25 Å². The molecule has 0 aliphatic heterocycles. The average Bonchev–Trinajstić information content (AvgIpc) is 3.08. The largest absolute Gasteiger partial charge is 0.227 e. The fourth-order valence-electron chi connectivity index (χ4n) is 2.69. The Bertz CT molecular complexity index is 1020. The highest BCUT2D eigenvalue weighted by Crippen LogP contribution is 2.35. The van der Waals surface area contributed by atoms with E-state index in [0.29, 0.717) is 17.7 Å². The summed E-state index contributed by atoms with van der Waals surface area (Å²) in [4.78, 5) is 8.73. The van der Waals surface area contributed by atoms with Gasteiger partial charge in [-0.05, 0) is 30.2 Å². The standard InChI is InChI=1S/C19H16FN5S/c1-13(15-5-3-2-4-6-15)26-19-17-18(21-12-22-19)25(24-23-17)11-14-7-9-16(20)10-8-14/h2-10,12-13H,11H2,1H3/t13-/m0/s1. The molecule has 4 rings (SSSR count). The normalized spacial score (nSPS) is 12.4. The maximum absolute atomic E-state index is 13.1. The molecule has 0 amide bonds. The molecule has 4 aromatic rings. The van der Waals surface area contributed by atoms with Crippen LogP contribution < -0.4 is 0 Å². The van der Waals surface area contributed by atoms with Crippen LogP contribution in [0.15, 0.2) is 66.0 Å². The zero-order valence-corrected chi connectivity index (χ0v) is 14.9. The minimum atomic E-state index is -0.256. The van der Waals surface area contributed by atoms with Gasteiger partial charge in [-0.1, -0.05) is 59.4 Å². The van der Waals surface area contributed by atoms with Crippen LogP contribution in [0.4, 0.5) is 4.39 Å². The Labute approximate surface area is 154 Å². The van der Waals surface area contributed by atoms with Gasteiger partial charge in [0.2, 0.25) is 0 Å². The highest BCUT2D eigenvalue weighted by Gasteiger charge is 2.16. The van der Waals surface area contributed by atoms with Gasteiger partial charge in [-0.2, -0.15) is 0 Å². The number of nitrogens with zero attached hydrogens (tertiary/aromatic N) is 5. The molecule has 0 N–H and O–H groups in total. The number of aromatic nitrogens is 5. The number of rotatable bonds is 5. The second-order valence-corrected chi connectivity index (χ2v) is 7.22. The molecule has 1 atom stereocenters. The Balaban J connectivity index is 1.61. The van der Waals surface area contributed by atoms with E-state index < -0.39 is 0 Å². The highest BCUT2D eigenvalue weighted by molar-refractivity contribution is 7.99. The summed E-state index contributed by atoms with van der Waals surface area (Å²) in [6.07, 6.45) is 1.53. The van der Waals surface area contributed by atoms with Crippen molar-refractivity contribution in [1.82, 2.24) is 25.0 Å². The summed E-state index contributed by atoms with van der Waals surface area (Å²) in [5.74, 6) is -0.256. The molecule has 0 saturated heterocycles. The third kappa shape index (κ3) is 3.43. The number of hydrogen-bond acceptors (Lipinski definition) is 5. The SMILES string of the molecule is C[C@H](Sc1ncnc2c1nnn2Cc1ccc(F)cc1)c1ccccc1. The summed E-state index contributed by atoms with van der Waals surface area (Å²) in [5, 5.41) is 9.52. The minimum Gasteiger partial charge on any atom is -0.227 e. The van der Waals surface area contributed by atoms with Crippen LogP contribution in [0, 0.1) is 5.82 Å². The van der Waals surface area contributed by atoms with Gasteiger partial charge in [0.1, 0.15) is 17.2 Å². The molecule has 26 heavy (non-hydrogen) atoms. The molecule has 0 fully saturated rings. The molecule has 0 radical (unpaired) electrons. The zero-order chi connectivity index (χ0) is 17.9. The van der Waals surface area contributed by atoms with Crippen molar-refractivity contribution in [3.8, 4) is 0 Å². The monoisotopic (exact) mass is 365 g/mol. The van der Waals surface area contributed by atoms with E-state index >= 15 is 0 Å². The van der Waals surface area contributed by atoms with Crippen LogP contribution in [0.5, 0.6) is 0 Å². The van der Waals surface area contributed by atoms with Gasteiger partial charge in [0.15, 0.2) is 11.2 Å². The predicted octanol–water partition coefficient (Wildman–Crippen LogP) is 4.26.